The molecular formula is C25H30N2O8. The molecule has 2 aromatic rings. The second-order valence-corrected chi connectivity index (χ2v) is 9.16. The summed E-state index contributed by atoms with van der Waals surface area (Å²) in [6.45, 7) is 3.98. The number of epoxide rings is 4. The SMILES string of the molecule is Nc1ccc(C(OCC2CO2)(OCC2CO2)c2ccc(N)c(OCC3CO3)c2OCC2CO2)cc1. The second-order valence-electron chi connectivity index (χ2n) is 9.16. The van der Waals surface area contributed by atoms with Crippen LogP contribution in [-0.2, 0) is 34.2 Å². The maximum atomic E-state index is 6.56. The van der Waals surface area contributed by atoms with Crippen LogP contribution in [0.1, 0.15) is 11.1 Å². The van der Waals surface area contributed by atoms with Crippen LogP contribution in [0.15, 0.2) is 36.4 Å². The molecule has 4 unspecified atom stereocenters. The molecule has 0 spiro atoms. The van der Waals surface area contributed by atoms with Crippen LogP contribution < -0.4 is 20.9 Å². The number of nitrogen functional groups attached to an aromatic ring is 2. The van der Waals surface area contributed by atoms with Crippen molar-refractivity contribution in [2.45, 2.75) is 30.2 Å². The molecule has 2 aromatic carbocycles. The fourth-order valence-corrected chi connectivity index (χ4v) is 3.78. The van der Waals surface area contributed by atoms with Gasteiger partial charge in [0.25, 0.3) is 0 Å². The van der Waals surface area contributed by atoms with Crippen molar-refractivity contribution >= 4 is 11.4 Å². The van der Waals surface area contributed by atoms with E-state index in [1.807, 2.05) is 30.3 Å². The molecular weight excluding hydrogens is 456 g/mol. The van der Waals surface area contributed by atoms with Gasteiger partial charge in [0, 0.05) is 11.3 Å². The van der Waals surface area contributed by atoms with Gasteiger partial charge in [0.2, 0.25) is 5.79 Å². The largest absolute Gasteiger partial charge is 0.486 e. The topological polar surface area (TPSA) is 139 Å². The van der Waals surface area contributed by atoms with Gasteiger partial charge in [-0.05, 0) is 24.3 Å². The van der Waals surface area contributed by atoms with Crippen LogP contribution in [0.3, 0.4) is 0 Å². The number of nitrogens with two attached hydrogens (primary N) is 2. The third-order valence-corrected chi connectivity index (χ3v) is 6.17. The van der Waals surface area contributed by atoms with Gasteiger partial charge in [-0.15, -0.1) is 0 Å². The van der Waals surface area contributed by atoms with Crippen molar-refractivity contribution in [3.05, 3.63) is 47.5 Å². The summed E-state index contributed by atoms with van der Waals surface area (Å²) in [6.07, 6.45) is 0.0804. The van der Waals surface area contributed by atoms with Crippen molar-refractivity contribution < 1.29 is 37.9 Å². The number of benzene rings is 2. The summed E-state index contributed by atoms with van der Waals surface area (Å²) in [5.74, 6) is -0.463. The molecule has 4 heterocycles. The molecule has 4 aliphatic rings. The molecule has 10 nitrogen and oxygen atoms in total. The van der Waals surface area contributed by atoms with Gasteiger partial charge in [0.05, 0.1) is 50.9 Å². The van der Waals surface area contributed by atoms with E-state index in [0.717, 1.165) is 5.56 Å². The highest BCUT2D eigenvalue weighted by molar-refractivity contribution is 5.65. The Balaban J connectivity index is 1.44. The lowest BCUT2D eigenvalue weighted by Gasteiger charge is -2.36. The van der Waals surface area contributed by atoms with Gasteiger partial charge < -0.3 is 49.4 Å². The first-order chi connectivity index (χ1) is 17.1. The van der Waals surface area contributed by atoms with Crippen LogP contribution in [0.4, 0.5) is 11.4 Å². The van der Waals surface area contributed by atoms with Crippen molar-refractivity contribution in [3.8, 4) is 11.5 Å². The van der Waals surface area contributed by atoms with Crippen molar-refractivity contribution in [1.82, 2.24) is 0 Å². The Kier molecular flexibility index (Phi) is 6.17. The van der Waals surface area contributed by atoms with Crippen molar-refractivity contribution in [2.24, 2.45) is 0 Å². The summed E-state index contributed by atoms with van der Waals surface area (Å²) < 4.78 is 47.1. The van der Waals surface area contributed by atoms with E-state index in [9.17, 15) is 0 Å². The maximum Gasteiger partial charge on any atom is 0.226 e. The molecule has 4 fully saturated rings. The van der Waals surface area contributed by atoms with Crippen LogP contribution in [0.25, 0.3) is 0 Å². The molecule has 4 N–H and O–H groups in total. The van der Waals surface area contributed by atoms with E-state index in [-0.39, 0.29) is 24.4 Å². The molecule has 188 valence electrons. The molecule has 4 atom stereocenters. The highest BCUT2D eigenvalue weighted by Crippen LogP contribution is 2.48. The van der Waals surface area contributed by atoms with E-state index in [4.69, 9.17) is 49.4 Å². The summed E-state index contributed by atoms with van der Waals surface area (Å²) in [7, 11) is 0. The molecule has 10 heteroatoms. The Labute approximate surface area is 203 Å². The van der Waals surface area contributed by atoms with Gasteiger partial charge >= 0.3 is 0 Å². The summed E-state index contributed by atoms with van der Waals surface area (Å²) >= 11 is 0. The van der Waals surface area contributed by atoms with E-state index in [2.05, 4.69) is 0 Å². The average Bonchev–Trinajstić information content (AvgIpc) is 3.71. The van der Waals surface area contributed by atoms with Gasteiger partial charge in [-0.3, -0.25) is 0 Å². The molecule has 35 heavy (non-hydrogen) atoms. The standard InChI is InChI=1S/C25H30N2O8/c26-16-3-1-15(2-4-16)25(34-13-19-9-30-19,35-14-20-10-31-20)21-5-6-22(27)24(33-12-18-8-29-18)23(21)32-11-17-7-28-17/h1-6,17-20H,7-14,26-27H2. The Morgan fingerprint density at radius 2 is 1.14 bits per heavy atom. The molecule has 0 aromatic heterocycles. The molecule has 4 saturated heterocycles. The Hall–Kier alpha value is -2.60. The van der Waals surface area contributed by atoms with Gasteiger partial charge in [-0.25, -0.2) is 0 Å². The highest BCUT2D eigenvalue weighted by Gasteiger charge is 2.45. The van der Waals surface area contributed by atoms with Crippen LogP contribution in [0.5, 0.6) is 11.5 Å². The molecule has 0 amide bonds. The van der Waals surface area contributed by atoms with Gasteiger partial charge in [-0.2, -0.15) is 0 Å². The predicted molar refractivity (Wildman–Crippen MR) is 124 cm³/mol. The fourth-order valence-electron chi connectivity index (χ4n) is 3.78. The Bertz CT molecular complexity index is 1020. The van der Waals surface area contributed by atoms with Gasteiger partial charge in [-0.1, -0.05) is 12.1 Å². The number of ether oxygens (including phenoxy) is 8. The highest BCUT2D eigenvalue weighted by atomic mass is 16.7. The third-order valence-electron chi connectivity index (χ3n) is 6.17. The summed E-state index contributed by atoms with van der Waals surface area (Å²) in [6, 6.07) is 11.0. The number of hydrogen-bond donors (Lipinski definition) is 2. The Morgan fingerprint density at radius 3 is 1.66 bits per heavy atom. The minimum absolute atomic E-state index is 0.00433. The van der Waals surface area contributed by atoms with Crippen LogP contribution in [0.2, 0.25) is 0 Å². The predicted octanol–water partition coefficient (Wildman–Crippen LogP) is 1.44. The average molecular weight is 487 g/mol. The summed E-state index contributed by atoms with van der Waals surface area (Å²) in [5, 5.41) is 0. The molecule has 0 saturated carbocycles. The molecule has 6 rings (SSSR count). The molecule has 0 bridgehead atoms. The lowest BCUT2D eigenvalue weighted by atomic mass is 9.94. The quantitative estimate of drug-likeness (QED) is 0.229. The third kappa shape index (κ3) is 5.48. The lowest BCUT2D eigenvalue weighted by molar-refractivity contribution is -0.222. The summed E-state index contributed by atoms with van der Waals surface area (Å²) in [4.78, 5) is 0. The normalized spacial score (nSPS) is 27.7. The van der Waals surface area contributed by atoms with E-state index >= 15 is 0 Å². The first-order valence-electron chi connectivity index (χ1n) is 11.9. The zero-order valence-corrected chi connectivity index (χ0v) is 19.4. The van der Waals surface area contributed by atoms with Gasteiger partial charge in [0.15, 0.2) is 11.5 Å². The van der Waals surface area contributed by atoms with Gasteiger partial charge in [0.1, 0.15) is 37.6 Å². The maximum absolute atomic E-state index is 6.56. The Morgan fingerprint density at radius 1 is 0.657 bits per heavy atom. The number of hydrogen-bond acceptors (Lipinski definition) is 10. The second kappa shape index (κ2) is 9.45. The van der Waals surface area contributed by atoms with Crippen molar-refractivity contribution in [3.63, 3.8) is 0 Å². The van der Waals surface area contributed by atoms with E-state index in [1.165, 1.54) is 0 Å². The van der Waals surface area contributed by atoms with E-state index in [0.29, 0.717) is 81.3 Å². The first-order valence-corrected chi connectivity index (χ1v) is 11.9. The number of rotatable bonds is 14. The van der Waals surface area contributed by atoms with E-state index < -0.39 is 5.79 Å². The molecule has 0 radical (unpaired) electrons. The smallest absolute Gasteiger partial charge is 0.226 e. The minimum atomic E-state index is -1.34. The lowest BCUT2D eigenvalue weighted by Crippen LogP contribution is -2.38. The van der Waals surface area contributed by atoms with Crippen molar-refractivity contribution in [1.29, 1.82) is 0 Å². The summed E-state index contributed by atoms with van der Waals surface area (Å²) in [5.41, 5.74) is 14.8. The number of anilines is 2. The monoisotopic (exact) mass is 486 g/mol. The zero-order chi connectivity index (χ0) is 23.8. The zero-order valence-electron chi connectivity index (χ0n) is 19.4. The fraction of sp³-hybridized carbons (Fsp3) is 0.520. The minimum Gasteiger partial charge on any atom is -0.486 e. The van der Waals surface area contributed by atoms with E-state index in [1.54, 1.807) is 6.07 Å². The van der Waals surface area contributed by atoms with Crippen LogP contribution in [0, 0.1) is 0 Å². The van der Waals surface area contributed by atoms with Crippen molar-refractivity contribution in [2.75, 3.05) is 64.3 Å². The first kappa shape index (κ1) is 22.8. The van der Waals surface area contributed by atoms with Crippen LogP contribution >= 0.6 is 0 Å². The molecule has 4 aliphatic heterocycles. The molecule has 0 aliphatic carbocycles. The van der Waals surface area contributed by atoms with Crippen LogP contribution in [-0.4, -0.2) is 77.3 Å².